The van der Waals surface area contributed by atoms with Crippen molar-refractivity contribution in [3.63, 3.8) is 0 Å². The molecule has 82 valence electrons. The second-order valence-electron chi connectivity index (χ2n) is 3.32. The molecule has 0 radical (unpaired) electrons. The predicted octanol–water partition coefficient (Wildman–Crippen LogP) is 1.73. The molecule has 0 unspecified atom stereocenters. The maximum atomic E-state index is 10.9. The number of carbonyl (C=O) groups excluding carboxylic acids is 1. The fourth-order valence-corrected chi connectivity index (χ4v) is 1.42. The fourth-order valence-electron chi connectivity index (χ4n) is 1.42. The summed E-state index contributed by atoms with van der Waals surface area (Å²) < 4.78 is 7.03. The van der Waals surface area contributed by atoms with E-state index < -0.39 is 0 Å². The van der Waals surface area contributed by atoms with Crippen molar-refractivity contribution in [2.75, 3.05) is 0 Å². The number of aryl methyl sites for hydroxylation is 2. The molecule has 2 aromatic heterocycles. The number of hydrogen-bond acceptors (Lipinski definition) is 4. The zero-order valence-electron chi connectivity index (χ0n) is 9.04. The normalized spacial score (nSPS) is 10.1. The van der Waals surface area contributed by atoms with Crippen molar-refractivity contribution in [3.05, 3.63) is 35.7 Å². The van der Waals surface area contributed by atoms with Crippen LogP contribution in [0.25, 0.3) is 0 Å². The van der Waals surface area contributed by atoms with Crippen molar-refractivity contribution in [2.24, 2.45) is 7.05 Å². The molecule has 5 nitrogen and oxygen atoms in total. The molecule has 0 N–H and O–H groups in total. The molecular weight excluding hydrogens is 206 g/mol. The first-order valence-corrected chi connectivity index (χ1v) is 4.80. The summed E-state index contributed by atoms with van der Waals surface area (Å²) in [5.41, 5.74) is 1.09. The van der Waals surface area contributed by atoms with E-state index in [-0.39, 0.29) is 0 Å². The summed E-state index contributed by atoms with van der Waals surface area (Å²) >= 11 is 0. The van der Waals surface area contributed by atoms with Crippen LogP contribution in [0.1, 0.15) is 16.1 Å². The third-order valence-corrected chi connectivity index (χ3v) is 2.17. The second-order valence-corrected chi connectivity index (χ2v) is 3.32. The molecule has 2 rings (SSSR count). The summed E-state index contributed by atoms with van der Waals surface area (Å²) in [5.74, 6) is 0.847. The third-order valence-electron chi connectivity index (χ3n) is 2.17. The van der Waals surface area contributed by atoms with Gasteiger partial charge >= 0.3 is 0 Å². The van der Waals surface area contributed by atoms with Gasteiger partial charge in [-0.3, -0.25) is 4.79 Å². The Balaban J connectivity index is 2.38. The van der Waals surface area contributed by atoms with Gasteiger partial charge in [-0.25, -0.2) is 9.67 Å². The first-order chi connectivity index (χ1) is 7.72. The lowest BCUT2D eigenvalue weighted by Gasteiger charge is -2.04. The lowest BCUT2D eigenvalue weighted by Crippen LogP contribution is -1.97. The van der Waals surface area contributed by atoms with E-state index >= 15 is 0 Å². The summed E-state index contributed by atoms with van der Waals surface area (Å²) in [4.78, 5) is 14.9. The van der Waals surface area contributed by atoms with Gasteiger partial charge in [-0.2, -0.15) is 5.10 Å². The van der Waals surface area contributed by atoms with Crippen LogP contribution >= 0.6 is 0 Å². The van der Waals surface area contributed by atoms with Gasteiger partial charge in [0.1, 0.15) is 0 Å². The highest BCUT2D eigenvalue weighted by Gasteiger charge is 2.14. The monoisotopic (exact) mass is 217 g/mol. The summed E-state index contributed by atoms with van der Waals surface area (Å²) in [6.07, 6.45) is 2.36. The number of nitrogens with zero attached hydrogens (tertiary/aromatic N) is 3. The number of aromatic nitrogens is 3. The SMILES string of the molecule is Cc1nn(C)c(Oc2ccccn2)c1C=O. The minimum Gasteiger partial charge on any atom is -0.420 e. The maximum Gasteiger partial charge on any atom is 0.230 e. The molecule has 0 saturated carbocycles. The summed E-state index contributed by atoms with van der Waals surface area (Å²) in [5, 5.41) is 4.11. The van der Waals surface area contributed by atoms with Gasteiger partial charge in [-0.05, 0) is 13.0 Å². The largest absolute Gasteiger partial charge is 0.420 e. The van der Waals surface area contributed by atoms with E-state index in [0.717, 1.165) is 6.29 Å². The molecule has 0 bridgehead atoms. The Bertz CT molecular complexity index is 505. The van der Waals surface area contributed by atoms with E-state index in [9.17, 15) is 4.79 Å². The molecule has 0 atom stereocenters. The number of rotatable bonds is 3. The van der Waals surface area contributed by atoms with Crippen LogP contribution in [0.5, 0.6) is 11.8 Å². The standard InChI is InChI=1S/C11H11N3O2/c1-8-9(7-15)11(14(2)13-8)16-10-5-3-4-6-12-10/h3-7H,1-2H3. The molecule has 0 amide bonds. The highest BCUT2D eigenvalue weighted by Crippen LogP contribution is 2.23. The fraction of sp³-hybridized carbons (Fsp3) is 0.182. The molecule has 0 aliphatic rings. The van der Waals surface area contributed by atoms with Gasteiger partial charge in [0.05, 0.1) is 11.3 Å². The first-order valence-electron chi connectivity index (χ1n) is 4.80. The Morgan fingerprint density at radius 3 is 2.88 bits per heavy atom. The van der Waals surface area contributed by atoms with Gasteiger partial charge in [0.2, 0.25) is 11.8 Å². The first kappa shape index (κ1) is 10.4. The van der Waals surface area contributed by atoms with Gasteiger partial charge in [0.15, 0.2) is 6.29 Å². The highest BCUT2D eigenvalue weighted by molar-refractivity contribution is 5.80. The lowest BCUT2D eigenvalue weighted by atomic mass is 10.3. The Hall–Kier alpha value is -2.17. The smallest absolute Gasteiger partial charge is 0.230 e. The van der Waals surface area contributed by atoms with Crippen LogP contribution in [-0.2, 0) is 7.05 Å². The quantitative estimate of drug-likeness (QED) is 0.734. The molecule has 0 aliphatic heterocycles. The van der Waals surface area contributed by atoms with Crippen LogP contribution < -0.4 is 4.74 Å². The predicted molar refractivity (Wildman–Crippen MR) is 57.6 cm³/mol. The topological polar surface area (TPSA) is 57.0 Å². The van der Waals surface area contributed by atoms with E-state index in [0.29, 0.717) is 23.0 Å². The Labute approximate surface area is 92.7 Å². The number of ether oxygens (including phenoxy) is 1. The molecule has 5 heteroatoms. The lowest BCUT2D eigenvalue weighted by molar-refractivity contribution is 0.112. The molecule has 0 spiro atoms. The van der Waals surface area contributed by atoms with Crippen molar-refractivity contribution in [3.8, 4) is 11.8 Å². The van der Waals surface area contributed by atoms with Crippen LogP contribution in [0.4, 0.5) is 0 Å². The highest BCUT2D eigenvalue weighted by atomic mass is 16.5. The summed E-state index contributed by atoms with van der Waals surface area (Å²) in [6, 6.07) is 5.32. The van der Waals surface area contributed by atoms with Gasteiger partial charge in [-0.1, -0.05) is 6.07 Å². The zero-order valence-corrected chi connectivity index (χ0v) is 9.04. The van der Waals surface area contributed by atoms with Crippen LogP contribution in [0.15, 0.2) is 24.4 Å². The van der Waals surface area contributed by atoms with Crippen molar-refractivity contribution in [1.29, 1.82) is 0 Å². The van der Waals surface area contributed by atoms with Gasteiger partial charge < -0.3 is 4.74 Å². The van der Waals surface area contributed by atoms with E-state index in [2.05, 4.69) is 10.1 Å². The molecule has 0 aromatic carbocycles. The van der Waals surface area contributed by atoms with Gasteiger partial charge in [0.25, 0.3) is 0 Å². The van der Waals surface area contributed by atoms with Crippen LogP contribution in [0, 0.1) is 6.92 Å². The minimum absolute atomic E-state index is 0.409. The summed E-state index contributed by atoms with van der Waals surface area (Å²) in [7, 11) is 1.72. The van der Waals surface area contributed by atoms with Crippen LogP contribution in [0.2, 0.25) is 0 Å². The number of carbonyl (C=O) groups is 1. The van der Waals surface area contributed by atoms with Gasteiger partial charge in [-0.15, -0.1) is 0 Å². The third kappa shape index (κ3) is 1.79. The average molecular weight is 217 g/mol. The average Bonchev–Trinajstić information content (AvgIpc) is 2.55. The number of pyridine rings is 1. The molecule has 0 aliphatic carbocycles. The van der Waals surface area contributed by atoms with Crippen molar-refractivity contribution < 1.29 is 9.53 Å². The molecular formula is C11H11N3O2. The van der Waals surface area contributed by atoms with Crippen molar-refractivity contribution in [2.45, 2.75) is 6.92 Å². The molecule has 2 heterocycles. The van der Waals surface area contributed by atoms with E-state index in [1.54, 1.807) is 32.3 Å². The van der Waals surface area contributed by atoms with Crippen molar-refractivity contribution in [1.82, 2.24) is 14.8 Å². The number of aldehydes is 1. The number of hydrogen-bond donors (Lipinski definition) is 0. The Morgan fingerprint density at radius 1 is 1.44 bits per heavy atom. The minimum atomic E-state index is 0.409. The van der Waals surface area contributed by atoms with Crippen LogP contribution in [0.3, 0.4) is 0 Å². The Kier molecular flexibility index (Phi) is 2.68. The van der Waals surface area contributed by atoms with E-state index in [4.69, 9.17) is 4.74 Å². The molecule has 16 heavy (non-hydrogen) atoms. The molecule has 0 fully saturated rings. The van der Waals surface area contributed by atoms with E-state index in [1.807, 2.05) is 6.07 Å². The second kappa shape index (κ2) is 4.14. The zero-order chi connectivity index (χ0) is 11.5. The summed E-state index contributed by atoms with van der Waals surface area (Å²) in [6.45, 7) is 1.76. The Morgan fingerprint density at radius 2 is 2.25 bits per heavy atom. The maximum absolute atomic E-state index is 10.9. The van der Waals surface area contributed by atoms with Crippen LogP contribution in [-0.4, -0.2) is 21.1 Å². The molecule has 0 saturated heterocycles. The van der Waals surface area contributed by atoms with E-state index in [1.165, 1.54) is 4.68 Å². The van der Waals surface area contributed by atoms with Gasteiger partial charge in [0, 0.05) is 19.3 Å². The van der Waals surface area contributed by atoms with Crippen molar-refractivity contribution >= 4 is 6.29 Å². The molecule has 2 aromatic rings.